The zero-order valence-corrected chi connectivity index (χ0v) is 17.4. The lowest BCUT2D eigenvalue weighted by Gasteiger charge is -2.61. The molecular weight excluding hydrogens is 340 g/mol. The van der Waals surface area contributed by atoms with Crippen LogP contribution in [-0.2, 0) is 4.74 Å². The minimum atomic E-state index is -1.19. The van der Waals surface area contributed by atoms with E-state index in [1.807, 2.05) is 14.0 Å². The Balaban J connectivity index is 1.54. The summed E-state index contributed by atoms with van der Waals surface area (Å²) in [7, 11) is 1.89. The molecule has 3 N–H and O–H groups in total. The summed E-state index contributed by atoms with van der Waals surface area (Å²) < 4.78 is 6.13. The summed E-state index contributed by atoms with van der Waals surface area (Å²) >= 11 is 0. The Morgan fingerprint density at radius 2 is 1.78 bits per heavy atom. The van der Waals surface area contributed by atoms with Crippen LogP contribution >= 0.6 is 0 Å². The molecule has 0 aromatic heterocycles. The van der Waals surface area contributed by atoms with Crippen molar-refractivity contribution in [2.24, 2.45) is 45.8 Å². The first-order valence-corrected chi connectivity index (χ1v) is 11.2. The monoisotopic (exact) mass is 378 g/mol. The zero-order valence-electron chi connectivity index (χ0n) is 17.4. The highest BCUT2D eigenvalue weighted by atomic mass is 16.5. The molecule has 0 saturated heterocycles. The van der Waals surface area contributed by atoms with Gasteiger partial charge >= 0.3 is 0 Å². The van der Waals surface area contributed by atoms with Gasteiger partial charge in [-0.1, -0.05) is 20.8 Å². The van der Waals surface area contributed by atoms with Crippen LogP contribution in [0.5, 0.6) is 0 Å². The first-order chi connectivity index (χ1) is 12.7. The Kier molecular flexibility index (Phi) is 3.84. The molecule has 4 nitrogen and oxygen atoms in total. The van der Waals surface area contributed by atoms with Crippen LogP contribution in [0.4, 0.5) is 0 Å². The second-order valence-corrected chi connectivity index (χ2v) is 11.4. The van der Waals surface area contributed by atoms with Crippen molar-refractivity contribution < 1.29 is 20.1 Å². The summed E-state index contributed by atoms with van der Waals surface area (Å²) in [5, 5.41) is 32.5. The van der Waals surface area contributed by atoms with Crippen molar-refractivity contribution in [1.29, 1.82) is 0 Å². The third kappa shape index (κ3) is 1.86. The Morgan fingerprint density at radius 3 is 2.41 bits per heavy atom. The van der Waals surface area contributed by atoms with Crippen molar-refractivity contribution in [2.45, 2.75) is 83.5 Å². The number of aliphatic hydroxyl groups is 3. The topological polar surface area (TPSA) is 69.9 Å². The smallest absolute Gasteiger partial charge is 0.101 e. The molecule has 0 aromatic rings. The van der Waals surface area contributed by atoms with Gasteiger partial charge in [-0.05, 0) is 74.0 Å². The zero-order chi connectivity index (χ0) is 19.4. The van der Waals surface area contributed by atoms with Gasteiger partial charge in [-0.3, -0.25) is 0 Å². The second-order valence-electron chi connectivity index (χ2n) is 11.4. The van der Waals surface area contributed by atoms with Crippen LogP contribution in [0.25, 0.3) is 0 Å². The lowest BCUT2D eigenvalue weighted by Crippen LogP contribution is -2.61. The molecule has 0 unspecified atom stereocenters. The summed E-state index contributed by atoms with van der Waals surface area (Å²) in [4.78, 5) is 0. The molecule has 0 radical (unpaired) electrons. The molecule has 27 heavy (non-hydrogen) atoms. The number of hydrogen-bond acceptors (Lipinski definition) is 4. The molecule has 5 aliphatic carbocycles. The fourth-order valence-electron chi connectivity index (χ4n) is 9.66. The predicted molar refractivity (Wildman–Crippen MR) is 103 cm³/mol. The fraction of sp³-hybridized carbons (Fsp3) is 1.00. The lowest BCUT2D eigenvalue weighted by molar-refractivity contribution is -0.206. The quantitative estimate of drug-likeness (QED) is 0.706. The minimum absolute atomic E-state index is 0.0762. The standard InChI is InChI=1S/C23H38O4/c1-13(12-24)23(26)18(25)10-17-15-9-19(27-4)22-11-14(22)5-7-20(22,2)16(15)6-8-21(17,23)3/h13-19,24-26H,5-12H2,1-4H3/t13-,14+,15-,16+,17+,18+,19-,20-,21+,22+,23-/m1/s1. The van der Waals surface area contributed by atoms with Crippen molar-refractivity contribution in [3.8, 4) is 0 Å². The number of aliphatic hydroxyl groups excluding tert-OH is 2. The molecule has 5 saturated carbocycles. The van der Waals surface area contributed by atoms with Crippen molar-refractivity contribution in [1.82, 2.24) is 0 Å². The average Bonchev–Trinajstić information content (AvgIpc) is 3.25. The molecule has 154 valence electrons. The highest BCUT2D eigenvalue weighted by Gasteiger charge is 2.78. The summed E-state index contributed by atoms with van der Waals surface area (Å²) in [6, 6.07) is 0. The van der Waals surface area contributed by atoms with Gasteiger partial charge in [-0.15, -0.1) is 0 Å². The van der Waals surface area contributed by atoms with E-state index in [2.05, 4.69) is 13.8 Å². The fourth-order valence-corrected chi connectivity index (χ4v) is 9.66. The number of rotatable bonds is 3. The van der Waals surface area contributed by atoms with E-state index in [0.717, 1.165) is 25.2 Å². The Hall–Kier alpha value is -0.160. The van der Waals surface area contributed by atoms with Gasteiger partial charge in [0.25, 0.3) is 0 Å². The molecule has 5 rings (SSSR count). The van der Waals surface area contributed by atoms with Gasteiger partial charge < -0.3 is 20.1 Å². The van der Waals surface area contributed by atoms with Crippen molar-refractivity contribution in [3.63, 3.8) is 0 Å². The number of methoxy groups -OCH3 is 1. The van der Waals surface area contributed by atoms with E-state index in [1.54, 1.807) is 0 Å². The SMILES string of the molecule is CO[C@@H]1C[C@H]2[C@@H]3C[C@H](O)[C@](O)([C@H](C)CO)[C@@]3(C)CC[C@@H]2[C@@]2(C)CC[C@H]3C[C@]312. The van der Waals surface area contributed by atoms with E-state index in [4.69, 9.17) is 4.74 Å². The van der Waals surface area contributed by atoms with Gasteiger partial charge in [-0.25, -0.2) is 0 Å². The molecule has 5 aliphatic rings. The Labute approximate surface area is 163 Å². The van der Waals surface area contributed by atoms with Gasteiger partial charge in [0.05, 0.1) is 12.2 Å². The van der Waals surface area contributed by atoms with Crippen LogP contribution in [0.1, 0.15) is 65.7 Å². The van der Waals surface area contributed by atoms with Crippen LogP contribution < -0.4 is 0 Å². The maximum atomic E-state index is 11.7. The van der Waals surface area contributed by atoms with E-state index >= 15 is 0 Å². The molecule has 11 atom stereocenters. The number of hydrogen-bond donors (Lipinski definition) is 3. The van der Waals surface area contributed by atoms with Crippen molar-refractivity contribution in [3.05, 3.63) is 0 Å². The first kappa shape index (κ1) is 18.8. The minimum Gasteiger partial charge on any atom is -0.396 e. The molecule has 5 fully saturated rings. The third-order valence-corrected chi connectivity index (χ3v) is 11.1. The first-order valence-electron chi connectivity index (χ1n) is 11.2. The van der Waals surface area contributed by atoms with Crippen molar-refractivity contribution in [2.75, 3.05) is 13.7 Å². The van der Waals surface area contributed by atoms with Gasteiger partial charge in [0.15, 0.2) is 0 Å². The van der Waals surface area contributed by atoms with Crippen molar-refractivity contribution >= 4 is 0 Å². The molecule has 0 amide bonds. The third-order valence-electron chi connectivity index (χ3n) is 11.1. The van der Waals surface area contributed by atoms with E-state index in [9.17, 15) is 15.3 Å². The van der Waals surface area contributed by atoms with Gasteiger partial charge in [0.2, 0.25) is 0 Å². The summed E-state index contributed by atoms with van der Waals surface area (Å²) in [6.45, 7) is 6.55. The summed E-state index contributed by atoms with van der Waals surface area (Å²) in [5.74, 6) is 2.07. The molecule has 0 bridgehead atoms. The highest BCUT2D eigenvalue weighted by Crippen LogP contribution is 2.82. The molecule has 4 heteroatoms. The molecule has 0 aromatic carbocycles. The second kappa shape index (κ2) is 5.50. The van der Waals surface area contributed by atoms with Crippen LogP contribution in [-0.4, -0.2) is 46.8 Å². The maximum absolute atomic E-state index is 11.7. The van der Waals surface area contributed by atoms with E-state index in [0.29, 0.717) is 41.1 Å². The van der Waals surface area contributed by atoms with E-state index < -0.39 is 11.7 Å². The largest absolute Gasteiger partial charge is 0.396 e. The van der Waals surface area contributed by atoms with Gasteiger partial charge in [0, 0.05) is 30.5 Å². The lowest BCUT2D eigenvalue weighted by atomic mass is 9.44. The van der Waals surface area contributed by atoms with Crippen LogP contribution in [0.3, 0.4) is 0 Å². The van der Waals surface area contributed by atoms with E-state index in [1.165, 1.54) is 19.3 Å². The normalized spacial score (nSPS) is 62.3. The Morgan fingerprint density at radius 1 is 1.07 bits per heavy atom. The maximum Gasteiger partial charge on any atom is 0.101 e. The molecule has 1 spiro atoms. The number of fused-ring (bicyclic) bond motifs is 4. The number of ether oxygens (including phenoxy) is 1. The van der Waals surface area contributed by atoms with Crippen LogP contribution in [0.2, 0.25) is 0 Å². The molecule has 0 aliphatic heterocycles. The Bertz CT molecular complexity index is 638. The van der Waals surface area contributed by atoms with Gasteiger partial charge in [-0.2, -0.15) is 0 Å². The predicted octanol–water partition coefficient (Wildman–Crippen LogP) is 2.98. The van der Waals surface area contributed by atoms with Gasteiger partial charge in [0.1, 0.15) is 5.60 Å². The van der Waals surface area contributed by atoms with E-state index in [-0.39, 0.29) is 17.9 Å². The average molecular weight is 379 g/mol. The summed E-state index contributed by atoms with van der Waals surface area (Å²) in [6.07, 6.45) is 7.48. The molecular formula is C23H38O4. The van der Waals surface area contributed by atoms with Crippen LogP contribution in [0.15, 0.2) is 0 Å². The molecule has 0 heterocycles. The highest BCUT2D eigenvalue weighted by molar-refractivity contribution is 5.27. The summed E-state index contributed by atoms with van der Waals surface area (Å²) in [5.41, 5.74) is -0.746. The van der Waals surface area contributed by atoms with Crippen LogP contribution in [0, 0.1) is 45.8 Å².